The zero-order valence-corrected chi connectivity index (χ0v) is 19.2. The van der Waals surface area contributed by atoms with Crippen LogP contribution in [0.5, 0.6) is 5.75 Å². The second-order valence-corrected chi connectivity index (χ2v) is 8.64. The summed E-state index contributed by atoms with van der Waals surface area (Å²) in [6, 6.07) is 15.8. The number of amides is 1. The molecule has 0 radical (unpaired) electrons. The number of rotatable bonds is 6. The number of aromatic nitrogens is 3. The van der Waals surface area contributed by atoms with Crippen LogP contribution in [0.2, 0.25) is 0 Å². The van der Waals surface area contributed by atoms with Gasteiger partial charge in [-0.2, -0.15) is 0 Å². The largest absolute Gasteiger partial charge is 0.497 e. The lowest BCUT2D eigenvalue weighted by molar-refractivity contribution is 0.0486. The minimum absolute atomic E-state index is 0.172. The van der Waals surface area contributed by atoms with Gasteiger partial charge in [0.05, 0.1) is 18.5 Å². The van der Waals surface area contributed by atoms with Gasteiger partial charge in [0.1, 0.15) is 5.75 Å². The van der Waals surface area contributed by atoms with Crippen LogP contribution in [0.1, 0.15) is 34.6 Å². The molecule has 0 atom stereocenters. The molecular weight excluding hydrogens is 460 g/mol. The Kier molecular flexibility index (Phi) is 6.38. The molecular formula is C23H25BrN4O3. The Morgan fingerprint density at radius 3 is 2.74 bits per heavy atom. The number of halogens is 1. The molecule has 1 saturated heterocycles. The number of carbonyl (C=O) groups excluding carboxylic acids is 1. The molecule has 0 aliphatic carbocycles. The van der Waals surface area contributed by atoms with Crippen molar-refractivity contribution < 1.29 is 14.3 Å². The van der Waals surface area contributed by atoms with Crippen molar-refractivity contribution in [3.63, 3.8) is 0 Å². The molecule has 0 bridgehead atoms. The minimum Gasteiger partial charge on any atom is -0.497 e. The molecule has 8 heteroatoms. The first-order valence-electron chi connectivity index (χ1n) is 10.2. The number of ether oxygens (including phenoxy) is 2. The Hall–Kier alpha value is -2.71. The highest BCUT2D eigenvalue weighted by atomic mass is 79.9. The Bertz CT molecular complexity index is 1080. The predicted molar refractivity (Wildman–Crippen MR) is 121 cm³/mol. The van der Waals surface area contributed by atoms with E-state index in [1.54, 1.807) is 11.8 Å². The van der Waals surface area contributed by atoms with Crippen molar-refractivity contribution >= 4 is 21.8 Å². The van der Waals surface area contributed by atoms with Gasteiger partial charge in [0.15, 0.2) is 5.69 Å². The van der Waals surface area contributed by atoms with Crippen molar-refractivity contribution in [1.29, 1.82) is 0 Å². The fourth-order valence-corrected chi connectivity index (χ4v) is 4.41. The molecule has 0 unspecified atom stereocenters. The fraction of sp³-hybridized carbons (Fsp3) is 0.348. The second kappa shape index (κ2) is 9.20. The number of hydrogen-bond donors (Lipinski definition) is 1. The first-order chi connectivity index (χ1) is 15.0. The molecule has 1 aliphatic heterocycles. The van der Waals surface area contributed by atoms with Crippen LogP contribution in [-0.4, -0.2) is 47.8 Å². The normalized spacial score (nSPS) is 15.5. The van der Waals surface area contributed by atoms with Crippen molar-refractivity contribution in [2.75, 3.05) is 26.9 Å². The van der Waals surface area contributed by atoms with Crippen LogP contribution in [0.15, 0.2) is 53.0 Å². The highest BCUT2D eigenvalue weighted by molar-refractivity contribution is 9.10. The molecule has 1 amide bonds. The van der Waals surface area contributed by atoms with Crippen LogP contribution in [0.3, 0.4) is 0 Å². The van der Waals surface area contributed by atoms with E-state index in [1.165, 1.54) is 5.56 Å². The summed E-state index contributed by atoms with van der Waals surface area (Å²) in [5.41, 5.74) is 2.81. The van der Waals surface area contributed by atoms with E-state index < -0.39 is 0 Å². The van der Waals surface area contributed by atoms with E-state index in [0.717, 1.165) is 23.0 Å². The fourth-order valence-electron chi connectivity index (χ4n) is 4.01. The SMILES string of the molecule is COc1cccc(-n2nnc(C(=O)NCC3(c4cccc(Br)c4)CCOCC3)c2C)c1. The third kappa shape index (κ3) is 4.50. The summed E-state index contributed by atoms with van der Waals surface area (Å²) in [7, 11) is 1.61. The Balaban J connectivity index is 1.54. The third-order valence-corrected chi connectivity index (χ3v) is 6.38. The molecule has 0 saturated carbocycles. The summed E-state index contributed by atoms with van der Waals surface area (Å²) < 4.78 is 13.6. The summed E-state index contributed by atoms with van der Waals surface area (Å²) >= 11 is 3.57. The molecule has 0 spiro atoms. The molecule has 1 aromatic heterocycles. The van der Waals surface area contributed by atoms with Crippen LogP contribution >= 0.6 is 15.9 Å². The van der Waals surface area contributed by atoms with Crippen molar-refractivity contribution in [2.45, 2.75) is 25.2 Å². The van der Waals surface area contributed by atoms with Gasteiger partial charge >= 0.3 is 0 Å². The van der Waals surface area contributed by atoms with E-state index in [2.05, 4.69) is 43.7 Å². The first-order valence-corrected chi connectivity index (χ1v) is 11.0. The zero-order chi connectivity index (χ0) is 21.8. The lowest BCUT2D eigenvalue weighted by Gasteiger charge is -2.38. The maximum Gasteiger partial charge on any atom is 0.273 e. The van der Waals surface area contributed by atoms with Crippen molar-refractivity contribution in [2.24, 2.45) is 0 Å². The van der Waals surface area contributed by atoms with Gasteiger partial charge in [0, 0.05) is 35.7 Å². The van der Waals surface area contributed by atoms with Gasteiger partial charge in [0.25, 0.3) is 5.91 Å². The van der Waals surface area contributed by atoms with Crippen LogP contribution in [0.4, 0.5) is 0 Å². The average molecular weight is 485 g/mol. The van der Waals surface area contributed by atoms with E-state index in [4.69, 9.17) is 9.47 Å². The Morgan fingerprint density at radius 1 is 1.23 bits per heavy atom. The quantitative estimate of drug-likeness (QED) is 0.575. The molecule has 7 nitrogen and oxygen atoms in total. The predicted octanol–water partition coefficient (Wildman–Crippen LogP) is 3.83. The Labute approximate surface area is 189 Å². The van der Waals surface area contributed by atoms with Crippen LogP contribution in [0.25, 0.3) is 5.69 Å². The number of hydrogen-bond acceptors (Lipinski definition) is 5. The molecule has 3 aromatic rings. The third-order valence-electron chi connectivity index (χ3n) is 5.88. The van der Waals surface area contributed by atoms with Crippen molar-refractivity contribution in [1.82, 2.24) is 20.3 Å². The molecule has 1 fully saturated rings. The van der Waals surface area contributed by atoms with Gasteiger partial charge in [-0.1, -0.05) is 39.3 Å². The van der Waals surface area contributed by atoms with Crippen LogP contribution in [0, 0.1) is 6.92 Å². The Morgan fingerprint density at radius 2 is 2.00 bits per heavy atom. The van der Waals surface area contributed by atoms with Crippen LogP contribution in [-0.2, 0) is 10.2 Å². The minimum atomic E-state index is -0.229. The highest BCUT2D eigenvalue weighted by Gasteiger charge is 2.35. The van der Waals surface area contributed by atoms with Crippen LogP contribution < -0.4 is 10.1 Å². The molecule has 2 heterocycles. The van der Waals surface area contributed by atoms with Crippen molar-refractivity contribution in [3.8, 4) is 11.4 Å². The van der Waals surface area contributed by atoms with E-state index >= 15 is 0 Å². The van der Waals surface area contributed by atoms with Gasteiger partial charge in [-0.15, -0.1) is 5.10 Å². The second-order valence-electron chi connectivity index (χ2n) is 7.72. The van der Waals surface area contributed by atoms with E-state index in [1.807, 2.05) is 43.3 Å². The van der Waals surface area contributed by atoms with E-state index in [9.17, 15) is 4.79 Å². The maximum atomic E-state index is 13.0. The number of nitrogens with one attached hydrogen (secondary N) is 1. The maximum absolute atomic E-state index is 13.0. The van der Waals surface area contributed by atoms with E-state index in [-0.39, 0.29) is 11.3 Å². The molecule has 31 heavy (non-hydrogen) atoms. The van der Waals surface area contributed by atoms with Crippen molar-refractivity contribution in [3.05, 3.63) is 70.0 Å². The van der Waals surface area contributed by atoms with E-state index in [0.29, 0.717) is 36.9 Å². The average Bonchev–Trinajstić information content (AvgIpc) is 3.19. The van der Waals surface area contributed by atoms with Gasteiger partial charge in [-0.05, 0) is 49.6 Å². The van der Waals surface area contributed by atoms with Gasteiger partial charge < -0.3 is 14.8 Å². The number of nitrogens with zero attached hydrogens (tertiary/aromatic N) is 3. The summed E-state index contributed by atoms with van der Waals surface area (Å²) in [6.45, 7) is 3.70. The zero-order valence-electron chi connectivity index (χ0n) is 17.6. The number of benzene rings is 2. The monoisotopic (exact) mass is 484 g/mol. The lowest BCUT2D eigenvalue weighted by atomic mass is 9.74. The number of methoxy groups -OCH3 is 1. The molecule has 162 valence electrons. The summed E-state index contributed by atoms with van der Waals surface area (Å²) in [6.07, 6.45) is 1.69. The topological polar surface area (TPSA) is 78.3 Å². The summed E-state index contributed by atoms with van der Waals surface area (Å²) in [5.74, 6) is 0.487. The summed E-state index contributed by atoms with van der Waals surface area (Å²) in [4.78, 5) is 13.0. The first kappa shape index (κ1) is 21.5. The van der Waals surface area contributed by atoms with Gasteiger partial charge in [-0.3, -0.25) is 4.79 Å². The lowest BCUT2D eigenvalue weighted by Crippen LogP contribution is -2.44. The molecule has 4 rings (SSSR count). The highest BCUT2D eigenvalue weighted by Crippen LogP contribution is 2.35. The number of carbonyl (C=O) groups is 1. The molecule has 1 N–H and O–H groups in total. The summed E-state index contributed by atoms with van der Waals surface area (Å²) in [5, 5.41) is 11.4. The standard InChI is InChI=1S/C23H25BrN4O3/c1-16-21(26-27-28(16)19-7-4-8-20(14-19)30-2)22(29)25-15-23(9-11-31-12-10-23)17-5-3-6-18(24)13-17/h3-8,13-14H,9-12,15H2,1-2H3,(H,25,29). The molecule has 1 aliphatic rings. The van der Waals surface area contributed by atoms with Gasteiger partial charge in [-0.25, -0.2) is 4.68 Å². The molecule has 2 aromatic carbocycles. The van der Waals surface area contributed by atoms with Gasteiger partial charge in [0.2, 0.25) is 0 Å². The smallest absolute Gasteiger partial charge is 0.273 e.